The average molecular weight is 1160 g/mol. The molecule has 29 heteroatoms. The van der Waals surface area contributed by atoms with Gasteiger partial charge in [0, 0.05) is 49.1 Å². The zero-order valence-electron chi connectivity index (χ0n) is 44.1. The van der Waals surface area contributed by atoms with Crippen LogP contribution in [0, 0.1) is 35.2 Å². The van der Waals surface area contributed by atoms with E-state index in [2.05, 4.69) is 60.3 Å². The molecule has 424 valence electrons. The SMILES string of the molecule is COC(=O)C(O)C1CCN(c2nncc(-c3ccc(F)cc3)n2)CC1.COC(=O)C(O)C1CCNCC1.CS(=O)(=O)c1nncc(-c2ccc(F)cc2)n1.Cl.O=C([O-])C(O)C1CCN(c2nncc(-c3ccc(F)cc3)n2)CC1.[Na+]. The number of aliphatic hydroxyl groups excluding tert-OH is 3. The van der Waals surface area contributed by atoms with Crippen LogP contribution in [0.25, 0.3) is 33.8 Å². The molecule has 0 amide bonds. The van der Waals surface area contributed by atoms with Gasteiger partial charge in [-0.25, -0.2) is 46.1 Å². The van der Waals surface area contributed by atoms with Gasteiger partial charge in [-0.05, 0) is 142 Å². The third-order valence-electron chi connectivity index (χ3n) is 12.9. The van der Waals surface area contributed by atoms with Crippen LogP contribution in [0.15, 0.2) is 96.5 Å². The standard InChI is InChI=1S/C17H19FN4O3.C16H17FN4O3.C10H8FN3O2S.C8H15NO3.ClH.Na/c1-25-16(24)15(23)12-6-8-22(9-7-12)17-20-14(10-19-21-17)11-2-4-13(18)5-3-11;17-12-3-1-10(2-4-12)13-9-18-20-16(19-13)21-7-5-11(6-8-21)14(22)15(23)24;1-17(15,16)10-13-9(6-12-14-10)7-2-4-8(11)5-3-7;1-12-8(11)7(10)6-2-4-9-5-3-6;;/h2-5,10,12,15,23H,6-9H2,1H3;1-4,9,11,14,22H,5-8H2,(H,23,24);2-6H,1H3;6-7,9-10H,2-5H2,1H3;1H;/q;;;;;+1/p-1. The summed E-state index contributed by atoms with van der Waals surface area (Å²) in [6.07, 6.45) is 5.81. The fourth-order valence-corrected chi connectivity index (χ4v) is 8.85. The van der Waals surface area contributed by atoms with Crippen molar-refractivity contribution in [3.63, 3.8) is 0 Å². The number of carboxylic acids is 1. The molecular weight excluding hydrogens is 1100 g/mol. The van der Waals surface area contributed by atoms with Gasteiger partial charge in [0.25, 0.3) is 5.16 Å². The van der Waals surface area contributed by atoms with Crippen LogP contribution in [0.2, 0.25) is 0 Å². The summed E-state index contributed by atoms with van der Waals surface area (Å²) >= 11 is 0. The van der Waals surface area contributed by atoms with E-state index in [1.807, 2.05) is 9.80 Å². The third kappa shape index (κ3) is 19.4. The van der Waals surface area contributed by atoms with E-state index in [9.17, 15) is 56.4 Å². The number of methoxy groups -OCH3 is 2. The summed E-state index contributed by atoms with van der Waals surface area (Å²) < 4.78 is 70.3. The first-order chi connectivity index (χ1) is 37.3. The summed E-state index contributed by atoms with van der Waals surface area (Å²) in [5.74, 6) is -3.06. The molecule has 4 N–H and O–H groups in total. The van der Waals surface area contributed by atoms with Gasteiger partial charge in [-0.3, -0.25) is 0 Å². The molecule has 0 radical (unpaired) electrons. The summed E-state index contributed by atoms with van der Waals surface area (Å²) in [5.41, 5.74) is 3.59. The number of carboxylic acid groups (broad SMARTS) is 1. The van der Waals surface area contributed by atoms with E-state index in [1.54, 1.807) is 24.3 Å². The maximum absolute atomic E-state index is 13.0. The van der Waals surface area contributed by atoms with Crippen LogP contribution in [0.1, 0.15) is 38.5 Å². The first kappa shape index (κ1) is 66.1. The van der Waals surface area contributed by atoms with Gasteiger partial charge in [0.05, 0.1) is 62.0 Å². The number of rotatable bonds is 12. The molecule has 9 rings (SSSR count). The monoisotopic (exact) mass is 1160 g/mol. The minimum atomic E-state index is -3.50. The molecule has 6 aromatic rings. The molecule has 0 saturated carbocycles. The fraction of sp³-hybridized carbons (Fsp3) is 0.412. The number of aliphatic carboxylic acids is 1. The Morgan fingerprint density at radius 2 is 0.900 bits per heavy atom. The number of nitrogens with one attached hydrogen (secondary N) is 1. The van der Waals surface area contributed by atoms with E-state index in [1.165, 1.54) is 81.3 Å². The van der Waals surface area contributed by atoms with Gasteiger partial charge in [0.2, 0.25) is 21.7 Å². The van der Waals surface area contributed by atoms with Crippen molar-refractivity contribution in [1.29, 1.82) is 0 Å². The number of sulfone groups is 1. The Bertz CT molecular complexity index is 3030. The Morgan fingerprint density at radius 3 is 1.24 bits per heavy atom. The number of anilines is 2. The Kier molecular flexibility index (Phi) is 26.5. The van der Waals surface area contributed by atoms with E-state index < -0.39 is 46.1 Å². The number of carbonyl (C=O) groups is 3. The number of hydrogen-bond acceptors (Lipinski definition) is 23. The number of halogens is 4. The molecule has 3 unspecified atom stereocenters. The number of aliphatic hydroxyl groups is 3. The van der Waals surface area contributed by atoms with Crippen LogP contribution in [0.5, 0.6) is 0 Å². The zero-order valence-corrected chi connectivity index (χ0v) is 47.7. The quantitative estimate of drug-likeness (QED) is 0.0883. The van der Waals surface area contributed by atoms with Gasteiger partial charge >= 0.3 is 41.5 Å². The summed E-state index contributed by atoms with van der Waals surface area (Å²) in [6, 6.07) is 17.5. The average Bonchev–Trinajstić information content (AvgIpc) is 3.50. The second-order valence-corrected chi connectivity index (χ2v) is 20.0. The first-order valence-electron chi connectivity index (χ1n) is 24.5. The number of nitrogens with zero attached hydrogens (tertiary/aromatic N) is 11. The van der Waals surface area contributed by atoms with Crippen LogP contribution >= 0.6 is 12.4 Å². The van der Waals surface area contributed by atoms with E-state index in [4.69, 9.17) is 0 Å². The number of piperidine rings is 3. The van der Waals surface area contributed by atoms with Gasteiger partial charge in [0.1, 0.15) is 17.5 Å². The van der Waals surface area contributed by atoms with Crippen molar-refractivity contribution >= 4 is 52.0 Å². The van der Waals surface area contributed by atoms with E-state index in [0.29, 0.717) is 86.4 Å². The number of aromatic nitrogens is 9. The van der Waals surface area contributed by atoms with Gasteiger partial charge in [-0.2, -0.15) is 15.3 Å². The topological polar surface area (TPSA) is 322 Å². The minimum absolute atomic E-state index is 0. The van der Waals surface area contributed by atoms with Gasteiger partial charge in [0.15, 0.2) is 12.2 Å². The first-order valence-corrected chi connectivity index (χ1v) is 26.4. The molecular formula is C51H59ClF3N12NaO11S. The molecule has 0 bridgehead atoms. The van der Waals surface area contributed by atoms with Gasteiger partial charge in [-0.15, -0.1) is 27.7 Å². The number of ether oxygens (including phenoxy) is 2. The van der Waals surface area contributed by atoms with E-state index in [0.717, 1.165) is 43.3 Å². The molecule has 3 saturated heterocycles. The maximum Gasteiger partial charge on any atom is 1.00 e. The van der Waals surface area contributed by atoms with Crippen molar-refractivity contribution < 1.29 is 95.4 Å². The summed E-state index contributed by atoms with van der Waals surface area (Å²) in [5, 5.41) is 65.5. The maximum atomic E-state index is 13.0. The van der Waals surface area contributed by atoms with Crippen LogP contribution in [-0.2, 0) is 33.7 Å². The molecule has 3 aliphatic heterocycles. The third-order valence-corrected chi connectivity index (χ3v) is 13.7. The Hall–Kier alpha value is -6.43. The fourth-order valence-electron chi connectivity index (χ4n) is 8.39. The zero-order chi connectivity index (χ0) is 56.4. The number of hydrogen-bond donors (Lipinski definition) is 4. The number of benzene rings is 3. The van der Waals surface area contributed by atoms with Crippen molar-refractivity contribution in [2.24, 2.45) is 17.8 Å². The predicted molar refractivity (Wildman–Crippen MR) is 279 cm³/mol. The molecule has 3 atom stereocenters. The van der Waals surface area contributed by atoms with Crippen molar-refractivity contribution in [2.45, 2.75) is 62.0 Å². The van der Waals surface area contributed by atoms with E-state index in [-0.39, 0.29) is 82.3 Å². The Labute approximate surface area is 487 Å². The number of carbonyl (C=O) groups excluding carboxylic acids is 3. The largest absolute Gasteiger partial charge is 1.00 e. The van der Waals surface area contributed by atoms with Gasteiger partial charge < -0.3 is 49.8 Å². The summed E-state index contributed by atoms with van der Waals surface area (Å²) in [4.78, 5) is 49.7. The van der Waals surface area contributed by atoms with Crippen LogP contribution in [0.3, 0.4) is 0 Å². The van der Waals surface area contributed by atoms with Crippen molar-refractivity contribution in [1.82, 2.24) is 50.9 Å². The second-order valence-electron chi connectivity index (χ2n) is 18.1. The number of esters is 2. The molecule has 80 heavy (non-hydrogen) atoms. The van der Waals surface area contributed by atoms with Crippen LogP contribution in [0.4, 0.5) is 25.1 Å². The minimum Gasteiger partial charge on any atom is -0.547 e. The predicted octanol–water partition coefficient (Wildman–Crippen LogP) is -0.540. The Balaban J connectivity index is 0.000000235. The summed E-state index contributed by atoms with van der Waals surface area (Å²) in [6.45, 7) is 3.99. The van der Waals surface area contributed by atoms with Gasteiger partial charge in [-0.1, -0.05) is 0 Å². The van der Waals surface area contributed by atoms with Crippen LogP contribution < -0.4 is 49.8 Å². The summed E-state index contributed by atoms with van der Waals surface area (Å²) in [7, 11) is -0.937. The normalized spacial score (nSPS) is 15.9. The van der Waals surface area contributed by atoms with Crippen LogP contribution in [-0.4, -0.2) is 165 Å². The molecule has 3 aliphatic rings. The molecule has 3 fully saturated rings. The molecule has 23 nitrogen and oxygen atoms in total. The molecule has 6 heterocycles. The molecule has 0 aliphatic carbocycles. The smallest absolute Gasteiger partial charge is 0.547 e. The molecule has 3 aromatic carbocycles. The van der Waals surface area contributed by atoms with E-state index >= 15 is 0 Å². The van der Waals surface area contributed by atoms with Crippen molar-refractivity contribution in [3.8, 4) is 33.8 Å². The van der Waals surface area contributed by atoms with Crippen molar-refractivity contribution in [2.75, 3.05) is 69.5 Å². The van der Waals surface area contributed by atoms with Crippen molar-refractivity contribution in [3.05, 3.63) is 109 Å². The molecule has 0 spiro atoms. The Morgan fingerprint density at radius 1 is 0.575 bits per heavy atom. The molecule has 3 aromatic heterocycles. The second kappa shape index (κ2) is 32.1.